The minimum absolute atomic E-state index is 0.252. The first-order chi connectivity index (χ1) is 16.9. The molecule has 180 valence electrons. The smallest absolute Gasteiger partial charge is 0.226 e. The molecule has 4 aromatic rings. The maximum absolute atomic E-state index is 9.55. The van der Waals surface area contributed by atoms with Gasteiger partial charge in [0.05, 0.1) is 23.8 Å². The van der Waals surface area contributed by atoms with Crippen molar-refractivity contribution in [1.29, 1.82) is 0 Å². The zero-order valence-corrected chi connectivity index (χ0v) is 20.4. The molecule has 1 N–H and O–H groups in total. The number of benzene rings is 2. The van der Waals surface area contributed by atoms with Crippen LogP contribution in [0.15, 0.2) is 63.7 Å². The topological polar surface area (TPSA) is 81.5 Å². The normalized spacial score (nSPS) is 14.8. The molecule has 2 aromatic heterocycles. The molecule has 0 fully saturated rings. The van der Waals surface area contributed by atoms with Crippen molar-refractivity contribution in [2.24, 2.45) is 0 Å². The van der Waals surface area contributed by atoms with Gasteiger partial charge in [0.15, 0.2) is 0 Å². The molecule has 1 aliphatic carbocycles. The van der Waals surface area contributed by atoms with Crippen LogP contribution in [0.4, 0.5) is 0 Å². The highest BCUT2D eigenvalue weighted by Gasteiger charge is 2.23. The van der Waals surface area contributed by atoms with Gasteiger partial charge in [-0.2, -0.15) is 0 Å². The van der Waals surface area contributed by atoms with Crippen LogP contribution in [-0.2, 0) is 12.8 Å². The summed E-state index contributed by atoms with van der Waals surface area (Å²) in [7, 11) is 0. The molecule has 0 radical (unpaired) electrons. The summed E-state index contributed by atoms with van der Waals surface area (Å²) in [5, 5.41) is 13.6. The van der Waals surface area contributed by atoms with E-state index in [0.29, 0.717) is 31.3 Å². The third-order valence-corrected chi connectivity index (χ3v) is 6.75. The molecule has 0 unspecified atom stereocenters. The molecule has 6 heteroatoms. The van der Waals surface area contributed by atoms with Crippen LogP contribution in [0.5, 0.6) is 5.75 Å². The summed E-state index contributed by atoms with van der Waals surface area (Å²) in [6.45, 7) is 9.96. The SMILES string of the molecule is C=C(O)C[C@@H]1CCc2cc(OCCc3nc(-c4ccc(-c5c(C)noc5C)cc4)oc3C)ccc21. The van der Waals surface area contributed by atoms with Crippen LogP contribution in [0, 0.1) is 20.8 Å². The number of oxazole rings is 1. The van der Waals surface area contributed by atoms with Crippen LogP contribution in [0.25, 0.3) is 22.6 Å². The van der Waals surface area contributed by atoms with E-state index >= 15 is 0 Å². The summed E-state index contributed by atoms with van der Waals surface area (Å²) in [5.74, 6) is 3.69. The summed E-state index contributed by atoms with van der Waals surface area (Å²) >= 11 is 0. The molecule has 2 aromatic carbocycles. The van der Waals surface area contributed by atoms with E-state index in [4.69, 9.17) is 18.7 Å². The van der Waals surface area contributed by atoms with E-state index in [1.54, 1.807) is 0 Å². The first-order valence-corrected chi connectivity index (χ1v) is 12.0. The first-order valence-electron chi connectivity index (χ1n) is 12.0. The van der Waals surface area contributed by atoms with Gasteiger partial charge in [0, 0.05) is 24.0 Å². The number of ether oxygens (including phenoxy) is 1. The molecule has 1 aliphatic rings. The Morgan fingerprint density at radius 3 is 2.57 bits per heavy atom. The predicted octanol–water partition coefficient (Wildman–Crippen LogP) is 7.03. The largest absolute Gasteiger partial charge is 0.513 e. The van der Waals surface area contributed by atoms with Crippen molar-refractivity contribution in [3.05, 3.63) is 88.8 Å². The van der Waals surface area contributed by atoms with Crippen molar-refractivity contribution in [3.8, 4) is 28.3 Å². The summed E-state index contributed by atoms with van der Waals surface area (Å²) in [6, 6.07) is 14.4. The monoisotopic (exact) mass is 470 g/mol. The van der Waals surface area contributed by atoms with Crippen molar-refractivity contribution in [3.63, 3.8) is 0 Å². The highest BCUT2D eigenvalue weighted by atomic mass is 16.5. The molecular weight excluding hydrogens is 440 g/mol. The van der Waals surface area contributed by atoms with Crippen molar-refractivity contribution < 1.29 is 18.8 Å². The molecule has 0 aliphatic heterocycles. The zero-order valence-electron chi connectivity index (χ0n) is 20.4. The average Bonchev–Trinajstić information content (AvgIpc) is 3.51. The lowest BCUT2D eigenvalue weighted by Gasteiger charge is -2.12. The van der Waals surface area contributed by atoms with Crippen molar-refractivity contribution >= 4 is 0 Å². The number of fused-ring (bicyclic) bond motifs is 1. The lowest BCUT2D eigenvalue weighted by molar-refractivity contribution is 0.319. The van der Waals surface area contributed by atoms with E-state index in [0.717, 1.165) is 58.2 Å². The molecule has 2 heterocycles. The maximum atomic E-state index is 9.55. The molecule has 0 saturated heterocycles. The summed E-state index contributed by atoms with van der Waals surface area (Å²) in [6.07, 6.45) is 3.34. The highest BCUT2D eigenvalue weighted by Crippen LogP contribution is 2.38. The molecule has 5 rings (SSSR count). The number of hydrogen-bond donors (Lipinski definition) is 1. The number of hydrogen-bond acceptors (Lipinski definition) is 6. The third kappa shape index (κ3) is 4.74. The molecule has 35 heavy (non-hydrogen) atoms. The maximum Gasteiger partial charge on any atom is 0.226 e. The second-order valence-electron chi connectivity index (χ2n) is 9.26. The van der Waals surface area contributed by atoms with Crippen LogP contribution >= 0.6 is 0 Å². The van der Waals surface area contributed by atoms with Gasteiger partial charge in [0.25, 0.3) is 0 Å². The first kappa shape index (κ1) is 23.0. The minimum atomic E-state index is 0.252. The lowest BCUT2D eigenvalue weighted by Crippen LogP contribution is -2.03. The van der Waals surface area contributed by atoms with Gasteiger partial charge in [-0.15, -0.1) is 0 Å². The number of aryl methyl sites for hydroxylation is 4. The number of rotatable bonds is 8. The quantitative estimate of drug-likeness (QED) is 0.278. The fraction of sp³-hybridized carbons (Fsp3) is 0.310. The van der Waals surface area contributed by atoms with Gasteiger partial charge < -0.3 is 18.8 Å². The Kier molecular flexibility index (Phi) is 6.20. The van der Waals surface area contributed by atoms with E-state index in [9.17, 15) is 5.11 Å². The van der Waals surface area contributed by atoms with Crippen LogP contribution in [0.3, 0.4) is 0 Å². The standard InChI is InChI=1S/C29H30N2O4/c1-17(32)15-23-9-10-24-16-25(11-12-26(23)24)33-14-13-27-19(3)34-29(30-27)22-7-5-21(6-8-22)28-18(2)31-35-20(28)4/h5-8,11-12,16,23,32H,1,9-10,13-15H2,2-4H3/t23-/m0/s1. The molecule has 1 atom stereocenters. The average molecular weight is 471 g/mol. The Hall–Kier alpha value is -3.80. The van der Waals surface area contributed by atoms with Crippen molar-refractivity contribution in [2.75, 3.05) is 6.61 Å². The zero-order chi connectivity index (χ0) is 24.5. The molecule has 0 bridgehead atoms. The Bertz CT molecular complexity index is 1340. The Morgan fingerprint density at radius 1 is 1.09 bits per heavy atom. The Balaban J connectivity index is 1.22. The molecule has 6 nitrogen and oxygen atoms in total. The second-order valence-corrected chi connectivity index (χ2v) is 9.26. The summed E-state index contributed by atoms with van der Waals surface area (Å²) in [5.41, 5.74) is 7.39. The second kappa shape index (κ2) is 9.45. The molecule has 0 amide bonds. The van der Waals surface area contributed by atoms with E-state index in [2.05, 4.69) is 23.9 Å². The van der Waals surface area contributed by atoms with Gasteiger partial charge in [-0.05, 0) is 80.5 Å². The fourth-order valence-electron chi connectivity index (χ4n) is 4.99. The number of allylic oxidation sites excluding steroid dienone is 1. The number of aliphatic hydroxyl groups is 1. The van der Waals surface area contributed by atoms with Crippen LogP contribution < -0.4 is 4.74 Å². The lowest BCUT2D eigenvalue weighted by atomic mass is 9.97. The van der Waals surface area contributed by atoms with Crippen LogP contribution in [0.2, 0.25) is 0 Å². The van der Waals surface area contributed by atoms with E-state index in [-0.39, 0.29) is 5.76 Å². The van der Waals surface area contributed by atoms with Gasteiger partial charge >= 0.3 is 0 Å². The Labute approximate surface area is 205 Å². The van der Waals surface area contributed by atoms with Crippen molar-refractivity contribution in [2.45, 2.75) is 52.4 Å². The summed E-state index contributed by atoms with van der Waals surface area (Å²) < 4.78 is 17.3. The third-order valence-electron chi connectivity index (χ3n) is 6.75. The number of nitrogens with zero attached hydrogens (tertiary/aromatic N) is 2. The van der Waals surface area contributed by atoms with Crippen molar-refractivity contribution in [1.82, 2.24) is 10.1 Å². The number of aliphatic hydroxyl groups excluding tert-OH is 1. The highest BCUT2D eigenvalue weighted by molar-refractivity contribution is 5.70. The van der Waals surface area contributed by atoms with E-state index < -0.39 is 0 Å². The van der Waals surface area contributed by atoms with Gasteiger partial charge in [0.1, 0.15) is 17.3 Å². The molecule has 0 saturated carbocycles. The van der Waals surface area contributed by atoms with Gasteiger partial charge in [-0.25, -0.2) is 4.98 Å². The van der Waals surface area contributed by atoms with Gasteiger partial charge in [0.2, 0.25) is 5.89 Å². The summed E-state index contributed by atoms with van der Waals surface area (Å²) in [4.78, 5) is 4.72. The minimum Gasteiger partial charge on any atom is -0.513 e. The number of aromatic nitrogens is 2. The molecule has 0 spiro atoms. The molecular formula is C29H30N2O4. The Morgan fingerprint density at radius 2 is 1.86 bits per heavy atom. The van der Waals surface area contributed by atoms with Crippen LogP contribution in [-0.4, -0.2) is 21.9 Å². The van der Waals surface area contributed by atoms with Gasteiger partial charge in [-0.1, -0.05) is 29.9 Å². The predicted molar refractivity (Wildman–Crippen MR) is 135 cm³/mol. The van der Waals surface area contributed by atoms with Crippen LogP contribution in [0.1, 0.15) is 52.8 Å². The van der Waals surface area contributed by atoms with Gasteiger partial charge in [-0.3, -0.25) is 0 Å². The fourth-order valence-corrected chi connectivity index (χ4v) is 4.99. The van der Waals surface area contributed by atoms with E-state index in [1.165, 1.54) is 11.1 Å². The van der Waals surface area contributed by atoms with E-state index in [1.807, 2.05) is 51.1 Å².